The molecule has 0 aliphatic heterocycles. The Labute approximate surface area is 128 Å². The van der Waals surface area contributed by atoms with Crippen molar-refractivity contribution in [1.29, 1.82) is 0 Å². The number of halogens is 4. The lowest BCUT2D eigenvalue weighted by molar-refractivity contribution is 1.29. The van der Waals surface area contributed by atoms with Gasteiger partial charge in [-0.2, -0.15) is 0 Å². The van der Waals surface area contributed by atoms with E-state index in [1.807, 2.05) is 13.0 Å². The van der Waals surface area contributed by atoms with Crippen LogP contribution >= 0.6 is 50.7 Å². The summed E-state index contributed by atoms with van der Waals surface area (Å²) in [6, 6.07) is 5.39. The van der Waals surface area contributed by atoms with Gasteiger partial charge in [0, 0.05) is 6.20 Å². The van der Waals surface area contributed by atoms with Crippen molar-refractivity contribution >= 4 is 62.2 Å². The molecule has 0 aliphatic carbocycles. The molecule has 0 amide bonds. The predicted octanol–water partition coefficient (Wildman–Crippen LogP) is 5.86. The minimum absolute atomic E-state index is 0.536. The summed E-state index contributed by atoms with van der Waals surface area (Å²) in [5.74, 6) is 0.605. The minimum Gasteiger partial charge on any atom is -0.337 e. The highest BCUT2D eigenvalue weighted by Gasteiger charge is 2.11. The largest absolute Gasteiger partial charge is 0.337 e. The molecule has 0 saturated heterocycles. The van der Waals surface area contributed by atoms with Crippen molar-refractivity contribution in [2.75, 3.05) is 5.32 Å². The number of rotatable bonds is 2. The van der Waals surface area contributed by atoms with Crippen LogP contribution < -0.4 is 5.32 Å². The molecule has 1 aromatic carbocycles. The predicted molar refractivity (Wildman–Crippen MR) is 81.4 cm³/mol. The molecular formula is C12H8BrCl3N2. The van der Waals surface area contributed by atoms with Crippen LogP contribution in [0.1, 0.15) is 5.56 Å². The number of benzene rings is 1. The Morgan fingerprint density at radius 2 is 1.94 bits per heavy atom. The Morgan fingerprint density at radius 3 is 2.61 bits per heavy atom. The molecule has 2 nitrogen and oxygen atoms in total. The Morgan fingerprint density at radius 1 is 1.22 bits per heavy atom. The summed E-state index contributed by atoms with van der Waals surface area (Å²) < 4.78 is 0.739. The van der Waals surface area contributed by atoms with Gasteiger partial charge in [0.2, 0.25) is 0 Å². The summed E-state index contributed by atoms with van der Waals surface area (Å²) in [5.41, 5.74) is 1.57. The van der Waals surface area contributed by atoms with Gasteiger partial charge in [0.15, 0.2) is 0 Å². The van der Waals surface area contributed by atoms with E-state index in [1.54, 1.807) is 18.3 Å². The average molecular weight is 366 g/mol. The van der Waals surface area contributed by atoms with Crippen LogP contribution in [0.15, 0.2) is 28.9 Å². The second kappa shape index (κ2) is 5.66. The van der Waals surface area contributed by atoms with Crippen molar-refractivity contribution in [3.8, 4) is 0 Å². The van der Waals surface area contributed by atoms with E-state index in [1.165, 1.54) is 0 Å². The van der Waals surface area contributed by atoms with E-state index in [0.29, 0.717) is 26.6 Å². The van der Waals surface area contributed by atoms with Gasteiger partial charge in [-0.25, -0.2) is 4.98 Å². The van der Waals surface area contributed by atoms with Gasteiger partial charge in [-0.05, 0) is 40.5 Å². The molecule has 0 bridgehead atoms. The first kappa shape index (κ1) is 13.9. The molecule has 0 fully saturated rings. The van der Waals surface area contributed by atoms with Gasteiger partial charge in [0.05, 0.1) is 25.2 Å². The molecule has 6 heteroatoms. The van der Waals surface area contributed by atoms with Crippen molar-refractivity contribution in [1.82, 2.24) is 4.98 Å². The fraction of sp³-hybridized carbons (Fsp3) is 0.0833. The maximum atomic E-state index is 6.22. The lowest BCUT2D eigenvalue weighted by atomic mass is 10.2. The second-order valence-corrected chi connectivity index (χ2v) is 5.74. The van der Waals surface area contributed by atoms with Crippen LogP contribution in [0.3, 0.4) is 0 Å². The van der Waals surface area contributed by atoms with Gasteiger partial charge in [0.25, 0.3) is 0 Å². The van der Waals surface area contributed by atoms with Gasteiger partial charge >= 0.3 is 0 Å². The Hall–Kier alpha value is -0.480. The quantitative estimate of drug-likeness (QED) is 0.720. The van der Waals surface area contributed by atoms with E-state index < -0.39 is 0 Å². The Balaban J connectivity index is 2.43. The lowest BCUT2D eigenvalue weighted by Gasteiger charge is -2.12. The van der Waals surface area contributed by atoms with Crippen LogP contribution in [0.4, 0.5) is 11.5 Å². The lowest BCUT2D eigenvalue weighted by Crippen LogP contribution is -1.97. The topological polar surface area (TPSA) is 24.9 Å². The highest BCUT2D eigenvalue weighted by molar-refractivity contribution is 9.10. The van der Waals surface area contributed by atoms with Crippen molar-refractivity contribution in [2.24, 2.45) is 0 Å². The van der Waals surface area contributed by atoms with Gasteiger partial charge in [-0.15, -0.1) is 0 Å². The molecule has 2 aromatic rings. The third-order valence-electron chi connectivity index (χ3n) is 2.34. The van der Waals surface area contributed by atoms with Crippen LogP contribution in [-0.2, 0) is 0 Å². The third-order valence-corrected chi connectivity index (χ3v) is 3.95. The summed E-state index contributed by atoms with van der Waals surface area (Å²) in [6.07, 6.45) is 1.55. The molecule has 0 atom stereocenters. The van der Waals surface area contributed by atoms with E-state index in [4.69, 9.17) is 34.8 Å². The number of aryl methyl sites for hydroxylation is 1. The third kappa shape index (κ3) is 2.91. The zero-order valence-electron chi connectivity index (χ0n) is 9.27. The number of hydrogen-bond acceptors (Lipinski definition) is 2. The van der Waals surface area contributed by atoms with Gasteiger partial charge in [0.1, 0.15) is 5.82 Å². The molecule has 18 heavy (non-hydrogen) atoms. The number of aromatic nitrogens is 1. The van der Waals surface area contributed by atoms with Crippen LogP contribution in [0.2, 0.25) is 15.1 Å². The van der Waals surface area contributed by atoms with E-state index in [0.717, 1.165) is 10.0 Å². The SMILES string of the molecule is Cc1ccc(Cl)c(Nc2ncc(Cl)cc2Br)c1Cl. The van der Waals surface area contributed by atoms with E-state index in [9.17, 15) is 0 Å². The highest BCUT2D eigenvalue weighted by atomic mass is 79.9. The fourth-order valence-electron chi connectivity index (χ4n) is 1.40. The number of nitrogens with zero attached hydrogens (tertiary/aromatic N) is 1. The Kier molecular flexibility index (Phi) is 4.38. The van der Waals surface area contributed by atoms with Crippen LogP contribution in [0, 0.1) is 6.92 Å². The van der Waals surface area contributed by atoms with Crippen molar-refractivity contribution in [3.63, 3.8) is 0 Å². The van der Waals surface area contributed by atoms with Gasteiger partial charge in [-0.1, -0.05) is 40.9 Å². The van der Waals surface area contributed by atoms with Gasteiger partial charge < -0.3 is 5.32 Å². The fourth-order valence-corrected chi connectivity index (χ4v) is 2.60. The molecule has 1 heterocycles. The van der Waals surface area contributed by atoms with Crippen molar-refractivity contribution in [2.45, 2.75) is 6.92 Å². The van der Waals surface area contributed by atoms with E-state index in [-0.39, 0.29) is 0 Å². The first-order valence-electron chi connectivity index (χ1n) is 5.01. The zero-order valence-corrected chi connectivity index (χ0v) is 13.1. The molecule has 0 spiro atoms. The van der Waals surface area contributed by atoms with Crippen LogP contribution in [0.25, 0.3) is 0 Å². The van der Waals surface area contributed by atoms with E-state index >= 15 is 0 Å². The molecule has 0 radical (unpaired) electrons. The number of pyridine rings is 1. The molecule has 1 aromatic heterocycles. The molecule has 0 saturated carbocycles. The normalized spacial score (nSPS) is 10.5. The summed E-state index contributed by atoms with van der Waals surface area (Å²) in [4.78, 5) is 4.18. The van der Waals surface area contributed by atoms with Crippen LogP contribution in [-0.4, -0.2) is 4.98 Å². The summed E-state index contributed by atoms with van der Waals surface area (Å²) in [6.45, 7) is 1.91. The maximum absolute atomic E-state index is 6.22. The minimum atomic E-state index is 0.536. The van der Waals surface area contributed by atoms with Crippen molar-refractivity contribution < 1.29 is 0 Å². The average Bonchev–Trinajstić information content (AvgIpc) is 2.32. The zero-order chi connectivity index (χ0) is 13.3. The Bertz CT molecular complexity index is 602. The summed E-state index contributed by atoms with van der Waals surface area (Å²) >= 11 is 21.5. The molecular weight excluding hydrogens is 358 g/mol. The molecule has 0 unspecified atom stereocenters. The molecule has 2 rings (SSSR count). The summed E-state index contributed by atoms with van der Waals surface area (Å²) in [7, 11) is 0. The first-order chi connectivity index (χ1) is 8.49. The van der Waals surface area contributed by atoms with E-state index in [2.05, 4.69) is 26.2 Å². The summed E-state index contributed by atoms with van der Waals surface area (Å²) in [5, 5.41) is 4.76. The monoisotopic (exact) mass is 364 g/mol. The molecule has 0 aliphatic rings. The highest BCUT2D eigenvalue weighted by Crippen LogP contribution is 2.36. The molecule has 94 valence electrons. The van der Waals surface area contributed by atoms with Crippen molar-refractivity contribution in [3.05, 3.63) is 49.5 Å². The van der Waals surface area contributed by atoms with Crippen LogP contribution in [0.5, 0.6) is 0 Å². The number of anilines is 2. The smallest absolute Gasteiger partial charge is 0.144 e. The molecule has 1 N–H and O–H groups in total. The second-order valence-electron chi connectivity index (χ2n) is 3.66. The number of nitrogens with one attached hydrogen (secondary N) is 1. The van der Waals surface area contributed by atoms with Gasteiger partial charge in [-0.3, -0.25) is 0 Å². The first-order valence-corrected chi connectivity index (χ1v) is 6.94. The standard InChI is InChI=1S/C12H8BrCl3N2/c1-6-2-3-9(15)11(10(6)16)18-12-8(13)4-7(14)5-17-12/h2-5H,1H3,(H,17,18). The maximum Gasteiger partial charge on any atom is 0.144 e. The number of hydrogen-bond donors (Lipinski definition) is 1.